The molecule has 1 atom stereocenters. The summed E-state index contributed by atoms with van der Waals surface area (Å²) < 4.78 is 19.3. The lowest BCUT2D eigenvalue weighted by Crippen LogP contribution is -2.34. The van der Waals surface area contributed by atoms with Crippen molar-refractivity contribution in [3.8, 4) is 5.75 Å². The minimum Gasteiger partial charge on any atom is -0.492 e. The van der Waals surface area contributed by atoms with E-state index in [-0.39, 0.29) is 16.7 Å². The number of carboxylic acids is 1. The van der Waals surface area contributed by atoms with E-state index in [1.807, 2.05) is 0 Å². The molecule has 1 saturated heterocycles. The van der Waals surface area contributed by atoms with Crippen LogP contribution in [0.2, 0.25) is 0 Å². The van der Waals surface area contributed by atoms with Crippen LogP contribution in [0.3, 0.4) is 0 Å². The highest BCUT2D eigenvalue weighted by molar-refractivity contribution is 9.10. The third kappa shape index (κ3) is 3.68. The zero-order valence-corrected chi connectivity index (χ0v) is 13.5. The minimum absolute atomic E-state index is 0.143. The lowest BCUT2D eigenvalue weighted by molar-refractivity contribution is -0.141. The fraction of sp³-hybridized carbons (Fsp3) is 0.429. The topological polar surface area (TPSA) is 78.9 Å². The van der Waals surface area contributed by atoms with Crippen molar-refractivity contribution in [2.24, 2.45) is 5.92 Å². The van der Waals surface area contributed by atoms with E-state index in [4.69, 9.17) is 9.84 Å². The number of urea groups is 1. The molecular formula is C14H16BrFN2O4. The molecule has 6 nitrogen and oxygen atoms in total. The number of carbonyl (C=O) groups excluding carboxylic acids is 1. The Morgan fingerprint density at radius 2 is 2.27 bits per heavy atom. The van der Waals surface area contributed by atoms with Crippen molar-refractivity contribution in [3.63, 3.8) is 0 Å². The highest BCUT2D eigenvalue weighted by Gasteiger charge is 2.31. The standard InChI is InChI=1S/C14H16BrFN2O4/c1-2-22-12-5-9(15)10(16)6-11(12)17-14(21)18-4-3-8(7-18)13(19)20/h5-6,8H,2-4,7H2,1H3,(H,17,21)(H,19,20). The summed E-state index contributed by atoms with van der Waals surface area (Å²) in [7, 11) is 0. The fourth-order valence-corrected chi connectivity index (χ4v) is 2.56. The molecule has 0 aliphatic carbocycles. The summed E-state index contributed by atoms with van der Waals surface area (Å²) in [5, 5.41) is 11.5. The minimum atomic E-state index is -0.917. The number of hydrogen-bond acceptors (Lipinski definition) is 3. The van der Waals surface area contributed by atoms with E-state index >= 15 is 0 Å². The van der Waals surface area contributed by atoms with Gasteiger partial charge in [0.25, 0.3) is 0 Å². The lowest BCUT2D eigenvalue weighted by atomic mass is 10.1. The first-order valence-corrected chi connectivity index (χ1v) is 7.62. The number of aliphatic carboxylic acids is 1. The number of rotatable bonds is 4. The van der Waals surface area contributed by atoms with Crippen LogP contribution in [0.15, 0.2) is 16.6 Å². The summed E-state index contributed by atoms with van der Waals surface area (Å²) in [5.41, 5.74) is 0.214. The van der Waals surface area contributed by atoms with E-state index in [0.29, 0.717) is 25.3 Å². The maximum atomic E-state index is 13.6. The molecule has 0 spiro atoms. The number of carbonyl (C=O) groups is 2. The number of ether oxygens (including phenoxy) is 1. The first-order valence-electron chi connectivity index (χ1n) is 6.83. The molecule has 0 radical (unpaired) electrons. The highest BCUT2D eigenvalue weighted by Crippen LogP contribution is 2.31. The molecule has 2 N–H and O–H groups in total. The molecule has 1 aromatic rings. The van der Waals surface area contributed by atoms with Gasteiger partial charge in [-0.05, 0) is 35.3 Å². The molecule has 2 rings (SSSR count). The predicted molar refractivity (Wildman–Crippen MR) is 81.6 cm³/mol. The van der Waals surface area contributed by atoms with E-state index in [1.165, 1.54) is 11.0 Å². The molecule has 1 heterocycles. The van der Waals surface area contributed by atoms with Gasteiger partial charge in [-0.2, -0.15) is 0 Å². The monoisotopic (exact) mass is 374 g/mol. The SMILES string of the molecule is CCOc1cc(Br)c(F)cc1NC(=O)N1CCC(C(=O)O)C1. The van der Waals surface area contributed by atoms with Gasteiger partial charge in [0.05, 0.1) is 22.7 Å². The van der Waals surface area contributed by atoms with Crippen LogP contribution in [-0.4, -0.2) is 41.7 Å². The number of nitrogens with one attached hydrogen (secondary N) is 1. The Balaban J connectivity index is 2.11. The normalized spacial score (nSPS) is 17.4. The molecule has 1 aromatic carbocycles. The van der Waals surface area contributed by atoms with E-state index < -0.39 is 23.7 Å². The molecule has 0 aromatic heterocycles. The van der Waals surface area contributed by atoms with Crippen LogP contribution in [0.4, 0.5) is 14.9 Å². The Hall–Kier alpha value is -1.83. The van der Waals surface area contributed by atoms with Crippen molar-refractivity contribution >= 4 is 33.6 Å². The summed E-state index contributed by atoms with van der Waals surface area (Å²) in [6.45, 7) is 2.64. The van der Waals surface area contributed by atoms with Gasteiger partial charge in [0.2, 0.25) is 0 Å². The van der Waals surface area contributed by atoms with Gasteiger partial charge < -0.3 is 20.1 Å². The van der Waals surface area contributed by atoms with Crippen molar-refractivity contribution in [2.75, 3.05) is 25.0 Å². The number of amides is 2. The number of likely N-dealkylation sites (tertiary alicyclic amines) is 1. The zero-order chi connectivity index (χ0) is 16.3. The summed E-state index contributed by atoms with van der Waals surface area (Å²) in [6.07, 6.45) is 0.412. The second kappa shape index (κ2) is 6.95. The van der Waals surface area contributed by atoms with Crippen LogP contribution in [-0.2, 0) is 4.79 Å². The van der Waals surface area contributed by atoms with Crippen LogP contribution in [0.25, 0.3) is 0 Å². The quantitative estimate of drug-likeness (QED) is 0.848. The molecule has 0 bridgehead atoms. The van der Waals surface area contributed by atoms with E-state index in [1.54, 1.807) is 6.92 Å². The Morgan fingerprint density at radius 1 is 1.55 bits per heavy atom. The third-order valence-electron chi connectivity index (χ3n) is 3.39. The van der Waals surface area contributed by atoms with Crippen LogP contribution in [0.5, 0.6) is 5.75 Å². The van der Waals surface area contributed by atoms with Gasteiger partial charge in [-0.25, -0.2) is 9.18 Å². The molecular weight excluding hydrogens is 359 g/mol. The van der Waals surface area contributed by atoms with E-state index in [0.717, 1.165) is 6.07 Å². The van der Waals surface area contributed by atoms with Crippen molar-refractivity contribution in [2.45, 2.75) is 13.3 Å². The Bertz CT molecular complexity index is 596. The van der Waals surface area contributed by atoms with Gasteiger partial charge in [0, 0.05) is 19.2 Å². The van der Waals surface area contributed by atoms with Crippen molar-refractivity contribution < 1.29 is 23.8 Å². The first kappa shape index (κ1) is 16.5. The number of halogens is 2. The van der Waals surface area contributed by atoms with Crippen LogP contribution < -0.4 is 10.1 Å². The van der Waals surface area contributed by atoms with E-state index in [2.05, 4.69) is 21.2 Å². The summed E-state index contributed by atoms with van der Waals surface area (Å²) in [4.78, 5) is 24.5. The van der Waals surface area contributed by atoms with Gasteiger partial charge >= 0.3 is 12.0 Å². The van der Waals surface area contributed by atoms with Crippen LogP contribution in [0, 0.1) is 11.7 Å². The number of nitrogens with zero attached hydrogens (tertiary/aromatic N) is 1. The smallest absolute Gasteiger partial charge is 0.321 e. The average Bonchev–Trinajstić information content (AvgIpc) is 2.94. The molecule has 1 aliphatic heterocycles. The molecule has 120 valence electrons. The molecule has 0 saturated carbocycles. The Morgan fingerprint density at radius 3 is 2.86 bits per heavy atom. The number of carboxylic acid groups (broad SMARTS) is 1. The number of hydrogen-bond donors (Lipinski definition) is 2. The lowest BCUT2D eigenvalue weighted by Gasteiger charge is -2.18. The Labute approximate surface area is 135 Å². The molecule has 1 unspecified atom stereocenters. The summed E-state index contributed by atoms with van der Waals surface area (Å²) in [6, 6.07) is 2.14. The molecule has 1 fully saturated rings. The van der Waals surface area contributed by atoms with E-state index in [9.17, 15) is 14.0 Å². The number of anilines is 1. The average molecular weight is 375 g/mol. The molecule has 22 heavy (non-hydrogen) atoms. The van der Waals surface area contributed by atoms with Gasteiger partial charge in [-0.1, -0.05) is 0 Å². The predicted octanol–water partition coefficient (Wildman–Crippen LogP) is 2.93. The van der Waals surface area contributed by atoms with Crippen LogP contribution >= 0.6 is 15.9 Å². The maximum absolute atomic E-state index is 13.6. The largest absolute Gasteiger partial charge is 0.492 e. The second-order valence-corrected chi connectivity index (χ2v) is 5.75. The molecule has 1 aliphatic rings. The van der Waals surface area contributed by atoms with Crippen molar-refractivity contribution in [1.29, 1.82) is 0 Å². The van der Waals surface area contributed by atoms with Gasteiger partial charge in [-0.15, -0.1) is 0 Å². The van der Waals surface area contributed by atoms with Gasteiger partial charge in [0.15, 0.2) is 0 Å². The van der Waals surface area contributed by atoms with Crippen LogP contribution in [0.1, 0.15) is 13.3 Å². The fourth-order valence-electron chi connectivity index (χ4n) is 2.24. The van der Waals surface area contributed by atoms with Crippen molar-refractivity contribution in [1.82, 2.24) is 4.90 Å². The highest BCUT2D eigenvalue weighted by atomic mass is 79.9. The van der Waals surface area contributed by atoms with Crippen molar-refractivity contribution in [3.05, 3.63) is 22.4 Å². The summed E-state index contributed by atoms with van der Waals surface area (Å²) in [5.74, 6) is -1.65. The molecule has 8 heteroatoms. The number of benzene rings is 1. The third-order valence-corrected chi connectivity index (χ3v) is 4.00. The van der Waals surface area contributed by atoms with Gasteiger partial charge in [0.1, 0.15) is 11.6 Å². The van der Waals surface area contributed by atoms with Gasteiger partial charge in [-0.3, -0.25) is 4.79 Å². The Kier molecular flexibility index (Phi) is 5.23. The second-order valence-electron chi connectivity index (χ2n) is 4.90. The maximum Gasteiger partial charge on any atom is 0.321 e. The molecule has 2 amide bonds. The zero-order valence-electron chi connectivity index (χ0n) is 11.9. The first-order chi connectivity index (χ1) is 10.4. The summed E-state index contributed by atoms with van der Waals surface area (Å²) >= 11 is 3.06.